The van der Waals surface area contributed by atoms with E-state index < -0.39 is 0 Å². The first-order chi connectivity index (χ1) is 12.7. The van der Waals surface area contributed by atoms with Gasteiger partial charge >= 0.3 is 0 Å². The zero-order valence-electron chi connectivity index (χ0n) is 15.0. The van der Waals surface area contributed by atoms with Crippen molar-refractivity contribution in [1.82, 2.24) is 29.5 Å². The second-order valence-electron chi connectivity index (χ2n) is 6.89. The van der Waals surface area contributed by atoms with Crippen molar-refractivity contribution in [2.45, 2.75) is 25.3 Å². The number of morpholine rings is 1. The summed E-state index contributed by atoms with van der Waals surface area (Å²) in [6.07, 6.45) is 2.01. The fourth-order valence-corrected chi connectivity index (χ4v) is 4.21. The molecule has 1 atom stereocenters. The molecule has 0 saturated carbocycles. The third kappa shape index (κ3) is 3.65. The van der Waals surface area contributed by atoms with E-state index in [0.29, 0.717) is 12.2 Å². The number of carbonyl (C=O) groups excluding carboxylic acids is 1. The number of likely N-dealkylation sites (tertiary alicyclic amines) is 1. The van der Waals surface area contributed by atoms with Gasteiger partial charge in [-0.05, 0) is 12.8 Å². The van der Waals surface area contributed by atoms with Crippen LogP contribution in [-0.2, 0) is 18.3 Å². The van der Waals surface area contributed by atoms with Crippen LogP contribution < -0.4 is 0 Å². The summed E-state index contributed by atoms with van der Waals surface area (Å²) >= 11 is 1.45. The Bertz CT molecular complexity index is 741. The van der Waals surface area contributed by atoms with Gasteiger partial charge in [0.2, 0.25) is 0 Å². The average molecular weight is 376 g/mol. The predicted molar refractivity (Wildman–Crippen MR) is 97.1 cm³/mol. The zero-order chi connectivity index (χ0) is 17.9. The predicted octanol–water partition coefficient (Wildman–Crippen LogP) is 1.12. The second-order valence-corrected chi connectivity index (χ2v) is 7.60. The molecule has 2 aliphatic rings. The number of piperidine rings is 1. The van der Waals surface area contributed by atoms with Crippen molar-refractivity contribution in [2.75, 3.05) is 39.4 Å². The Hall–Kier alpha value is -1.84. The van der Waals surface area contributed by atoms with Gasteiger partial charge in [0.25, 0.3) is 5.91 Å². The lowest BCUT2D eigenvalue weighted by Crippen LogP contribution is -2.40. The van der Waals surface area contributed by atoms with Crippen LogP contribution in [0.4, 0.5) is 0 Å². The zero-order valence-corrected chi connectivity index (χ0v) is 15.8. The van der Waals surface area contributed by atoms with E-state index in [-0.39, 0.29) is 11.8 Å². The molecule has 26 heavy (non-hydrogen) atoms. The lowest BCUT2D eigenvalue weighted by Gasteiger charge is -2.32. The maximum absolute atomic E-state index is 12.6. The summed E-state index contributed by atoms with van der Waals surface area (Å²) in [5.74, 6) is 2.20. The number of hydrogen-bond acceptors (Lipinski definition) is 7. The molecule has 8 nitrogen and oxygen atoms in total. The molecule has 0 radical (unpaired) electrons. The minimum atomic E-state index is 0.0201. The molecular formula is C17H24N6O2S. The second kappa shape index (κ2) is 7.81. The van der Waals surface area contributed by atoms with E-state index in [9.17, 15) is 4.79 Å². The summed E-state index contributed by atoms with van der Waals surface area (Å²) in [5.41, 5.74) is 2.25. The van der Waals surface area contributed by atoms with Gasteiger partial charge in [-0.1, -0.05) is 0 Å². The van der Waals surface area contributed by atoms with Gasteiger partial charge in [0, 0.05) is 44.5 Å². The van der Waals surface area contributed by atoms with Crippen LogP contribution in [0.3, 0.4) is 0 Å². The van der Waals surface area contributed by atoms with Gasteiger partial charge in [0.15, 0.2) is 0 Å². The first kappa shape index (κ1) is 17.6. The third-order valence-corrected chi connectivity index (χ3v) is 5.78. The molecule has 0 bridgehead atoms. The number of hydrogen-bond donors (Lipinski definition) is 0. The van der Waals surface area contributed by atoms with Crippen molar-refractivity contribution in [2.24, 2.45) is 7.05 Å². The summed E-state index contributed by atoms with van der Waals surface area (Å²) in [6, 6.07) is 0. The highest BCUT2D eigenvalue weighted by Crippen LogP contribution is 2.27. The summed E-state index contributed by atoms with van der Waals surface area (Å²) in [4.78, 5) is 21.0. The van der Waals surface area contributed by atoms with Crippen molar-refractivity contribution in [1.29, 1.82) is 0 Å². The smallest absolute Gasteiger partial charge is 0.273 e. The Morgan fingerprint density at radius 2 is 2.15 bits per heavy atom. The van der Waals surface area contributed by atoms with Gasteiger partial charge in [-0.2, -0.15) is 0 Å². The molecule has 0 aromatic carbocycles. The molecule has 4 rings (SSSR count). The number of nitrogens with zero attached hydrogens (tertiary/aromatic N) is 6. The van der Waals surface area contributed by atoms with Gasteiger partial charge in [-0.25, -0.2) is 4.98 Å². The highest BCUT2D eigenvalue weighted by molar-refractivity contribution is 7.07. The third-order valence-electron chi connectivity index (χ3n) is 5.19. The van der Waals surface area contributed by atoms with E-state index in [0.717, 1.165) is 63.9 Å². The Balaban J connectivity index is 1.44. The molecule has 0 N–H and O–H groups in total. The SMILES string of the molecule is Cn1c(CN2CCOCC2)nnc1C1CCCN(C(=O)c2cscn2)C1. The molecule has 9 heteroatoms. The molecular weight excluding hydrogens is 352 g/mol. The van der Waals surface area contributed by atoms with Gasteiger partial charge in [0.1, 0.15) is 17.3 Å². The molecule has 2 aromatic heterocycles. The topological polar surface area (TPSA) is 76.4 Å². The fourth-order valence-electron chi connectivity index (χ4n) is 3.68. The van der Waals surface area contributed by atoms with Crippen LogP contribution in [0.2, 0.25) is 0 Å². The number of thiazole rings is 1. The number of aromatic nitrogens is 4. The van der Waals surface area contributed by atoms with Crippen LogP contribution in [0.15, 0.2) is 10.9 Å². The molecule has 2 aromatic rings. The minimum Gasteiger partial charge on any atom is -0.379 e. The lowest BCUT2D eigenvalue weighted by atomic mass is 9.97. The Morgan fingerprint density at radius 3 is 2.92 bits per heavy atom. The highest BCUT2D eigenvalue weighted by atomic mass is 32.1. The van der Waals surface area contributed by atoms with Gasteiger partial charge in [-0.15, -0.1) is 21.5 Å². The van der Waals surface area contributed by atoms with E-state index in [1.54, 1.807) is 5.51 Å². The van der Waals surface area contributed by atoms with E-state index in [1.165, 1.54) is 11.3 Å². The highest BCUT2D eigenvalue weighted by Gasteiger charge is 2.29. The number of rotatable bonds is 4. The van der Waals surface area contributed by atoms with Gasteiger partial charge in [0.05, 0.1) is 25.3 Å². The van der Waals surface area contributed by atoms with Crippen LogP contribution in [0, 0.1) is 0 Å². The first-order valence-corrected chi connectivity index (χ1v) is 10.0. The molecule has 2 aliphatic heterocycles. The monoisotopic (exact) mass is 376 g/mol. The molecule has 140 valence electrons. The maximum atomic E-state index is 12.6. The van der Waals surface area contributed by atoms with Crippen molar-refractivity contribution in [3.63, 3.8) is 0 Å². The summed E-state index contributed by atoms with van der Waals surface area (Å²) in [5, 5.41) is 10.7. The summed E-state index contributed by atoms with van der Waals surface area (Å²) < 4.78 is 7.51. The Kier molecular flexibility index (Phi) is 5.28. The fraction of sp³-hybridized carbons (Fsp3) is 0.647. The van der Waals surface area contributed by atoms with Crippen LogP contribution >= 0.6 is 11.3 Å². The summed E-state index contributed by atoms with van der Waals surface area (Å²) in [7, 11) is 2.03. The van der Waals surface area contributed by atoms with Crippen LogP contribution in [0.25, 0.3) is 0 Å². The van der Waals surface area contributed by atoms with Crippen LogP contribution in [0.1, 0.15) is 40.9 Å². The molecule has 1 unspecified atom stereocenters. The molecule has 2 saturated heterocycles. The Morgan fingerprint density at radius 1 is 1.31 bits per heavy atom. The molecule has 0 aliphatic carbocycles. The standard InChI is InChI=1S/C17H24N6O2S/c1-21-15(10-22-5-7-25-8-6-22)19-20-16(21)13-3-2-4-23(9-13)17(24)14-11-26-12-18-14/h11-13H,2-10H2,1H3. The minimum absolute atomic E-state index is 0.0201. The van der Waals surface area contributed by atoms with Gasteiger partial charge in [-0.3, -0.25) is 9.69 Å². The van der Waals surface area contributed by atoms with E-state index in [4.69, 9.17) is 4.74 Å². The van der Waals surface area contributed by atoms with Crippen molar-refractivity contribution >= 4 is 17.2 Å². The van der Waals surface area contributed by atoms with Crippen molar-refractivity contribution in [3.8, 4) is 0 Å². The first-order valence-electron chi connectivity index (χ1n) is 9.08. The number of ether oxygens (including phenoxy) is 1. The van der Waals surface area contributed by atoms with Crippen LogP contribution in [-0.4, -0.2) is 74.8 Å². The van der Waals surface area contributed by atoms with E-state index >= 15 is 0 Å². The normalized spacial score (nSPS) is 21.9. The summed E-state index contributed by atoms with van der Waals surface area (Å²) in [6.45, 7) is 5.68. The quantitative estimate of drug-likeness (QED) is 0.796. The van der Waals surface area contributed by atoms with E-state index in [1.807, 2.05) is 17.3 Å². The molecule has 1 amide bonds. The van der Waals surface area contributed by atoms with Crippen molar-refractivity contribution in [3.05, 3.63) is 28.2 Å². The molecule has 0 spiro atoms. The van der Waals surface area contributed by atoms with Gasteiger partial charge < -0.3 is 14.2 Å². The van der Waals surface area contributed by atoms with E-state index in [2.05, 4.69) is 24.6 Å². The largest absolute Gasteiger partial charge is 0.379 e. The maximum Gasteiger partial charge on any atom is 0.273 e. The number of amides is 1. The lowest BCUT2D eigenvalue weighted by molar-refractivity contribution is 0.0326. The Labute approximate surface area is 156 Å². The van der Waals surface area contributed by atoms with Crippen LogP contribution in [0.5, 0.6) is 0 Å². The number of carbonyl (C=O) groups is 1. The molecule has 2 fully saturated rings. The molecule has 4 heterocycles. The van der Waals surface area contributed by atoms with Crippen molar-refractivity contribution < 1.29 is 9.53 Å². The average Bonchev–Trinajstić information content (AvgIpc) is 3.33.